The molecule has 0 atom stereocenters. The molecule has 2 aromatic rings. The molecule has 5 nitrogen and oxygen atoms in total. The maximum absolute atomic E-state index is 12.9. The molecule has 1 aromatic heterocycles. The van der Waals surface area contributed by atoms with Crippen LogP contribution in [0.3, 0.4) is 0 Å². The summed E-state index contributed by atoms with van der Waals surface area (Å²) in [6.07, 6.45) is 4.37. The smallest absolute Gasteiger partial charge is 0.219 e. The van der Waals surface area contributed by atoms with E-state index < -0.39 is 0 Å². The Hall–Kier alpha value is -1.90. The van der Waals surface area contributed by atoms with Gasteiger partial charge < -0.3 is 15.4 Å². The lowest BCUT2D eigenvalue weighted by Crippen LogP contribution is -2.38. The van der Waals surface area contributed by atoms with Crippen LogP contribution in [0.1, 0.15) is 25.3 Å². The number of aliphatic imine (C=N–C) groups is 1. The van der Waals surface area contributed by atoms with E-state index in [1.807, 2.05) is 6.07 Å². The van der Waals surface area contributed by atoms with Crippen LogP contribution in [0.5, 0.6) is 11.6 Å². The molecule has 1 fully saturated rings. The summed E-state index contributed by atoms with van der Waals surface area (Å²) in [6.45, 7) is 4.41. The van der Waals surface area contributed by atoms with Gasteiger partial charge in [0, 0.05) is 25.4 Å². The minimum atomic E-state index is -0.291. The third kappa shape index (κ3) is 6.78. The minimum absolute atomic E-state index is 0. The van der Waals surface area contributed by atoms with Gasteiger partial charge in [0.2, 0.25) is 5.88 Å². The Morgan fingerprint density at radius 2 is 1.96 bits per heavy atom. The van der Waals surface area contributed by atoms with Gasteiger partial charge >= 0.3 is 0 Å². The standard InChI is InChI=1S/C19H23FN4O.HI/c1-2-21-19(23-11-14-3-4-14)24-13-15-5-10-18(22-12-15)25-17-8-6-16(20)7-9-17;/h5-10,12,14H,2-4,11,13H2,1H3,(H2,21,23,24);1H. The topological polar surface area (TPSA) is 58.5 Å². The maximum Gasteiger partial charge on any atom is 0.219 e. The Morgan fingerprint density at radius 1 is 1.19 bits per heavy atom. The molecule has 0 unspecified atom stereocenters. The largest absolute Gasteiger partial charge is 0.439 e. The average molecular weight is 470 g/mol. The van der Waals surface area contributed by atoms with Gasteiger partial charge in [-0.1, -0.05) is 6.07 Å². The van der Waals surface area contributed by atoms with Gasteiger partial charge in [0.15, 0.2) is 5.96 Å². The van der Waals surface area contributed by atoms with E-state index in [4.69, 9.17) is 4.74 Å². The molecule has 0 bridgehead atoms. The number of benzene rings is 1. The van der Waals surface area contributed by atoms with Crippen LogP contribution in [0.15, 0.2) is 47.6 Å². The Labute approximate surface area is 170 Å². The van der Waals surface area contributed by atoms with Crippen molar-refractivity contribution in [3.8, 4) is 11.6 Å². The van der Waals surface area contributed by atoms with Crippen molar-refractivity contribution in [2.45, 2.75) is 26.3 Å². The predicted molar refractivity (Wildman–Crippen MR) is 112 cm³/mol. The monoisotopic (exact) mass is 470 g/mol. The summed E-state index contributed by atoms with van der Waals surface area (Å²) in [7, 11) is 0. The predicted octanol–water partition coefficient (Wildman–Crippen LogP) is 4.10. The number of hydrogen-bond donors (Lipinski definition) is 2. The summed E-state index contributed by atoms with van der Waals surface area (Å²) in [6, 6.07) is 9.58. The van der Waals surface area contributed by atoms with Crippen LogP contribution in [-0.2, 0) is 6.54 Å². The lowest BCUT2D eigenvalue weighted by Gasteiger charge is -2.10. The summed E-state index contributed by atoms with van der Waals surface area (Å²) in [5, 5.41) is 6.61. The van der Waals surface area contributed by atoms with Crippen molar-refractivity contribution in [1.82, 2.24) is 15.6 Å². The molecule has 1 aliphatic rings. The minimum Gasteiger partial charge on any atom is -0.439 e. The van der Waals surface area contributed by atoms with Crippen LogP contribution >= 0.6 is 24.0 Å². The molecule has 0 amide bonds. The van der Waals surface area contributed by atoms with Gasteiger partial charge in [-0.15, -0.1) is 24.0 Å². The fourth-order valence-electron chi connectivity index (χ4n) is 2.26. The van der Waals surface area contributed by atoms with Crippen LogP contribution < -0.4 is 15.4 Å². The van der Waals surface area contributed by atoms with Crippen LogP contribution in [0, 0.1) is 11.7 Å². The quantitative estimate of drug-likeness (QED) is 0.364. The molecule has 140 valence electrons. The average Bonchev–Trinajstić information content (AvgIpc) is 3.45. The zero-order valence-electron chi connectivity index (χ0n) is 14.7. The van der Waals surface area contributed by atoms with E-state index in [1.165, 1.54) is 25.0 Å². The van der Waals surface area contributed by atoms with Crippen LogP contribution in [-0.4, -0.2) is 24.0 Å². The second-order valence-electron chi connectivity index (χ2n) is 6.08. The molecular formula is C19H24FIN4O. The van der Waals surface area contributed by atoms with Crippen molar-refractivity contribution < 1.29 is 9.13 Å². The number of rotatable bonds is 7. The van der Waals surface area contributed by atoms with Gasteiger partial charge in [-0.25, -0.2) is 14.4 Å². The van der Waals surface area contributed by atoms with Crippen molar-refractivity contribution in [1.29, 1.82) is 0 Å². The highest BCUT2D eigenvalue weighted by atomic mass is 127. The Morgan fingerprint density at radius 3 is 2.58 bits per heavy atom. The number of hydrogen-bond acceptors (Lipinski definition) is 3. The summed E-state index contributed by atoms with van der Waals surface area (Å²) in [4.78, 5) is 8.86. The van der Waals surface area contributed by atoms with Crippen LogP contribution in [0.4, 0.5) is 4.39 Å². The van der Waals surface area contributed by atoms with E-state index in [0.29, 0.717) is 18.2 Å². The molecule has 0 spiro atoms. The molecule has 1 aromatic carbocycles. The summed E-state index contributed by atoms with van der Waals surface area (Å²) in [5.74, 6) is 2.37. The van der Waals surface area contributed by atoms with Crippen LogP contribution in [0.25, 0.3) is 0 Å². The van der Waals surface area contributed by atoms with Gasteiger partial charge in [0.1, 0.15) is 11.6 Å². The molecule has 0 saturated heterocycles. The number of nitrogens with one attached hydrogen (secondary N) is 2. The van der Waals surface area contributed by atoms with Crippen molar-refractivity contribution in [3.63, 3.8) is 0 Å². The fraction of sp³-hybridized carbons (Fsp3) is 0.368. The third-order valence-corrected chi connectivity index (χ3v) is 3.85. The molecule has 0 radical (unpaired) electrons. The van der Waals surface area contributed by atoms with E-state index in [9.17, 15) is 4.39 Å². The Bertz CT molecular complexity index is 702. The first-order chi connectivity index (χ1) is 12.2. The summed E-state index contributed by atoms with van der Waals surface area (Å²) < 4.78 is 18.5. The maximum atomic E-state index is 12.9. The second-order valence-corrected chi connectivity index (χ2v) is 6.08. The zero-order chi connectivity index (χ0) is 17.5. The highest BCUT2D eigenvalue weighted by Gasteiger charge is 2.20. The normalized spacial score (nSPS) is 13.7. The van der Waals surface area contributed by atoms with Gasteiger partial charge in [0.05, 0.1) is 6.54 Å². The van der Waals surface area contributed by atoms with Crippen molar-refractivity contribution in [2.75, 3.05) is 13.1 Å². The first kappa shape index (κ1) is 20.4. The molecule has 1 saturated carbocycles. The molecular weight excluding hydrogens is 446 g/mol. The van der Waals surface area contributed by atoms with Crippen molar-refractivity contribution in [3.05, 3.63) is 54.0 Å². The van der Waals surface area contributed by atoms with Crippen LogP contribution in [0.2, 0.25) is 0 Å². The van der Waals surface area contributed by atoms with Crippen molar-refractivity contribution >= 4 is 29.9 Å². The number of guanidine groups is 1. The zero-order valence-corrected chi connectivity index (χ0v) is 17.1. The van der Waals surface area contributed by atoms with Gasteiger partial charge in [-0.2, -0.15) is 0 Å². The fourth-order valence-corrected chi connectivity index (χ4v) is 2.26. The first-order valence-electron chi connectivity index (χ1n) is 8.63. The molecule has 26 heavy (non-hydrogen) atoms. The summed E-state index contributed by atoms with van der Waals surface area (Å²) in [5.41, 5.74) is 0.995. The number of ether oxygens (including phenoxy) is 1. The molecule has 0 aliphatic heterocycles. The lowest BCUT2D eigenvalue weighted by atomic mass is 10.3. The Kier molecular flexibility index (Phi) is 8.08. The molecule has 7 heteroatoms. The Balaban J connectivity index is 0.00000243. The number of halogens is 2. The third-order valence-electron chi connectivity index (χ3n) is 3.85. The molecule has 2 N–H and O–H groups in total. The van der Waals surface area contributed by atoms with E-state index >= 15 is 0 Å². The number of aromatic nitrogens is 1. The lowest BCUT2D eigenvalue weighted by molar-refractivity contribution is 0.461. The molecule has 1 aliphatic carbocycles. The van der Waals surface area contributed by atoms with E-state index in [0.717, 1.165) is 30.5 Å². The van der Waals surface area contributed by atoms with Gasteiger partial charge in [0.25, 0.3) is 0 Å². The molecule has 1 heterocycles. The first-order valence-corrected chi connectivity index (χ1v) is 8.63. The van der Waals surface area contributed by atoms with E-state index in [-0.39, 0.29) is 29.8 Å². The van der Waals surface area contributed by atoms with Gasteiger partial charge in [-0.05, 0) is 55.5 Å². The molecule has 3 rings (SSSR count). The second kappa shape index (κ2) is 10.3. The number of pyridine rings is 1. The number of nitrogens with zero attached hydrogens (tertiary/aromatic N) is 2. The highest BCUT2D eigenvalue weighted by molar-refractivity contribution is 14.0. The SMILES string of the molecule is CCNC(=NCc1ccc(Oc2ccc(F)cc2)nc1)NCC1CC1.I. The summed E-state index contributed by atoms with van der Waals surface area (Å²) >= 11 is 0. The van der Waals surface area contributed by atoms with Gasteiger partial charge in [-0.3, -0.25) is 0 Å². The highest BCUT2D eigenvalue weighted by Crippen LogP contribution is 2.27. The van der Waals surface area contributed by atoms with E-state index in [1.54, 1.807) is 24.4 Å². The van der Waals surface area contributed by atoms with Crippen molar-refractivity contribution in [2.24, 2.45) is 10.9 Å². The van der Waals surface area contributed by atoms with E-state index in [2.05, 4.69) is 27.5 Å².